The minimum atomic E-state index is -0.352. The highest BCUT2D eigenvalue weighted by molar-refractivity contribution is 5.84. The molecule has 1 aromatic carbocycles. The van der Waals surface area contributed by atoms with Crippen molar-refractivity contribution in [2.75, 3.05) is 26.3 Å². The normalized spacial score (nSPS) is 17.9. The number of carbonyl (C=O) groups is 2. The summed E-state index contributed by atoms with van der Waals surface area (Å²) in [4.78, 5) is 28.8. The number of carbonyl (C=O) groups excluding carboxylic acids is 2. The number of H-pyrrole nitrogens is 1. The molecule has 24 heavy (non-hydrogen) atoms. The number of benzene rings is 1. The van der Waals surface area contributed by atoms with E-state index < -0.39 is 0 Å². The molecule has 1 aliphatic rings. The van der Waals surface area contributed by atoms with Crippen LogP contribution in [0.15, 0.2) is 30.5 Å². The lowest BCUT2D eigenvalue weighted by Crippen LogP contribution is -2.46. The zero-order chi connectivity index (χ0) is 16.9. The van der Waals surface area contributed by atoms with Crippen molar-refractivity contribution in [2.45, 2.75) is 25.9 Å². The molecule has 0 radical (unpaired) electrons. The minimum absolute atomic E-state index is 0.0280. The fourth-order valence-corrected chi connectivity index (χ4v) is 2.93. The van der Waals surface area contributed by atoms with Crippen LogP contribution in [0.25, 0.3) is 10.9 Å². The molecule has 1 atom stereocenters. The maximum absolute atomic E-state index is 12.0. The van der Waals surface area contributed by atoms with Gasteiger partial charge in [0.25, 0.3) is 5.91 Å². The number of nitrogens with one attached hydrogen (secondary N) is 1. The van der Waals surface area contributed by atoms with Gasteiger partial charge in [0.15, 0.2) is 6.61 Å². The number of amides is 1. The summed E-state index contributed by atoms with van der Waals surface area (Å²) in [5.41, 5.74) is 2.13. The maximum atomic E-state index is 12.0. The monoisotopic (exact) mass is 330 g/mol. The molecule has 0 bridgehead atoms. The van der Waals surface area contributed by atoms with Crippen LogP contribution in [-0.2, 0) is 25.5 Å². The topological polar surface area (TPSA) is 71.6 Å². The van der Waals surface area contributed by atoms with E-state index in [0.29, 0.717) is 26.1 Å². The molecule has 1 aliphatic heterocycles. The minimum Gasteiger partial charge on any atom is -0.456 e. The van der Waals surface area contributed by atoms with Crippen molar-refractivity contribution in [3.05, 3.63) is 36.0 Å². The van der Waals surface area contributed by atoms with Gasteiger partial charge in [0.2, 0.25) is 0 Å². The molecule has 1 fully saturated rings. The van der Waals surface area contributed by atoms with Crippen molar-refractivity contribution in [1.29, 1.82) is 0 Å². The van der Waals surface area contributed by atoms with E-state index in [1.807, 2.05) is 37.4 Å². The summed E-state index contributed by atoms with van der Waals surface area (Å²) in [6, 6.07) is 7.96. The van der Waals surface area contributed by atoms with Gasteiger partial charge in [-0.05, 0) is 25.0 Å². The van der Waals surface area contributed by atoms with Crippen LogP contribution < -0.4 is 0 Å². The quantitative estimate of drug-likeness (QED) is 0.850. The molecule has 0 saturated carbocycles. The highest BCUT2D eigenvalue weighted by Gasteiger charge is 2.22. The third-order valence-electron chi connectivity index (χ3n) is 4.22. The molecule has 1 N–H and O–H groups in total. The molecular weight excluding hydrogens is 308 g/mol. The standard InChI is InChI=1S/C18H22N2O4/c1-13-11-20(8-9-23-13)17(21)12-24-18(22)7-6-14-10-19-16-5-3-2-4-15(14)16/h2-5,10,13,19H,6-9,11-12H2,1H3. The predicted molar refractivity (Wildman–Crippen MR) is 89.6 cm³/mol. The molecule has 3 rings (SSSR count). The predicted octanol–water partition coefficient (Wildman–Crippen LogP) is 1.89. The fraction of sp³-hybridized carbons (Fsp3) is 0.444. The van der Waals surface area contributed by atoms with Gasteiger partial charge in [-0.15, -0.1) is 0 Å². The average molecular weight is 330 g/mol. The van der Waals surface area contributed by atoms with E-state index in [-0.39, 0.29) is 31.0 Å². The van der Waals surface area contributed by atoms with Crippen LogP contribution >= 0.6 is 0 Å². The number of nitrogens with zero attached hydrogens (tertiary/aromatic N) is 1. The Bertz CT molecular complexity index is 725. The summed E-state index contributed by atoms with van der Waals surface area (Å²) in [6.45, 7) is 3.36. The molecule has 6 heteroatoms. The summed E-state index contributed by atoms with van der Waals surface area (Å²) in [5, 5.41) is 1.11. The van der Waals surface area contributed by atoms with Crippen LogP contribution in [0.4, 0.5) is 0 Å². The van der Waals surface area contributed by atoms with E-state index in [0.717, 1.165) is 16.5 Å². The second-order valence-corrected chi connectivity index (χ2v) is 6.04. The molecule has 2 heterocycles. The first-order valence-electron chi connectivity index (χ1n) is 8.23. The Morgan fingerprint density at radius 3 is 3.04 bits per heavy atom. The average Bonchev–Trinajstić information content (AvgIpc) is 3.01. The second kappa shape index (κ2) is 7.49. The van der Waals surface area contributed by atoms with Crippen LogP contribution in [0.3, 0.4) is 0 Å². The summed E-state index contributed by atoms with van der Waals surface area (Å²) < 4.78 is 10.5. The smallest absolute Gasteiger partial charge is 0.306 e. The van der Waals surface area contributed by atoms with Gasteiger partial charge < -0.3 is 19.4 Å². The Morgan fingerprint density at radius 2 is 2.21 bits per heavy atom. The number of para-hydroxylation sites is 1. The third-order valence-corrected chi connectivity index (χ3v) is 4.22. The van der Waals surface area contributed by atoms with Crippen LogP contribution in [0.1, 0.15) is 18.9 Å². The van der Waals surface area contributed by atoms with Gasteiger partial charge in [0.1, 0.15) is 0 Å². The molecule has 128 valence electrons. The number of rotatable bonds is 5. The highest BCUT2D eigenvalue weighted by atomic mass is 16.5. The number of ether oxygens (including phenoxy) is 2. The van der Waals surface area contributed by atoms with Crippen LogP contribution in [-0.4, -0.2) is 54.2 Å². The molecule has 0 spiro atoms. The Balaban J connectivity index is 1.45. The number of aromatic nitrogens is 1. The Kier molecular flexibility index (Phi) is 5.15. The molecule has 2 aromatic rings. The summed E-state index contributed by atoms with van der Waals surface area (Å²) in [6.07, 6.45) is 2.79. The van der Waals surface area contributed by atoms with Gasteiger partial charge in [0.05, 0.1) is 12.7 Å². The van der Waals surface area contributed by atoms with Crippen molar-refractivity contribution < 1.29 is 19.1 Å². The molecule has 1 amide bonds. The summed E-state index contributed by atoms with van der Waals surface area (Å²) >= 11 is 0. The van der Waals surface area contributed by atoms with E-state index in [2.05, 4.69) is 4.98 Å². The number of hydrogen-bond acceptors (Lipinski definition) is 4. The van der Waals surface area contributed by atoms with Gasteiger partial charge in [-0.25, -0.2) is 0 Å². The SMILES string of the molecule is CC1CN(C(=O)COC(=O)CCc2c[nH]c3ccccc23)CCO1. The molecule has 0 aliphatic carbocycles. The number of aromatic amines is 1. The summed E-state index contributed by atoms with van der Waals surface area (Å²) in [5.74, 6) is -0.513. The lowest BCUT2D eigenvalue weighted by Gasteiger charge is -2.30. The first-order valence-corrected chi connectivity index (χ1v) is 8.23. The first-order chi connectivity index (χ1) is 11.6. The first kappa shape index (κ1) is 16.5. The molecule has 1 unspecified atom stereocenters. The van der Waals surface area contributed by atoms with E-state index in [1.54, 1.807) is 4.90 Å². The van der Waals surface area contributed by atoms with Crippen molar-refractivity contribution in [3.8, 4) is 0 Å². The summed E-state index contributed by atoms with van der Waals surface area (Å²) in [7, 11) is 0. The number of morpholine rings is 1. The van der Waals surface area contributed by atoms with E-state index >= 15 is 0 Å². The Morgan fingerprint density at radius 1 is 1.38 bits per heavy atom. The lowest BCUT2D eigenvalue weighted by atomic mass is 10.1. The Hall–Kier alpha value is -2.34. The molecule has 6 nitrogen and oxygen atoms in total. The van der Waals surface area contributed by atoms with Gasteiger partial charge in [-0.2, -0.15) is 0 Å². The zero-order valence-corrected chi connectivity index (χ0v) is 13.8. The molecular formula is C18H22N2O4. The fourth-order valence-electron chi connectivity index (χ4n) is 2.93. The van der Waals surface area contributed by atoms with E-state index in [4.69, 9.17) is 9.47 Å². The Labute approximate surface area is 140 Å². The van der Waals surface area contributed by atoms with Gasteiger partial charge in [-0.1, -0.05) is 18.2 Å². The lowest BCUT2D eigenvalue weighted by molar-refractivity contribution is -0.154. The van der Waals surface area contributed by atoms with Crippen LogP contribution in [0.5, 0.6) is 0 Å². The van der Waals surface area contributed by atoms with Crippen molar-refractivity contribution in [2.24, 2.45) is 0 Å². The van der Waals surface area contributed by atoms with Gasteiger partial charge in [-0.3, -0.25) is 9.59 Å². The largest absolute Gasteiger partial charge is 0.456 e. The number of fused-ring (bicyclic) bond motifs is 1. The van der Waals surface area contributed by atoms with Gasteiger partial charge >= 0.3 is 5.97 Å². The molecule has 1 aromatic heterocycles. The van der Waals surface area contributed by atoms with Crippen molar-refractivity contribution >= 4 is 22.8 Å². The number of esters is 1. The maximum Gasteiger partial charge on any atom is 0.306 e. The number of aryl methyl sites for hydroxylation is 1. The second-order valence-electron chi connectivity index (χ2n) is 6.04. The third kappa shape index (κ3) is 3.94. The van der Waals surface area contributed by atoms with Gasteiger partial charge in [0, 0.05) is 36.6 Å². The van der Waals surface area contributed by atoms with E-state index in [9.17, 15) is 9.59 Å². The zero-order valence-electron chi connectivity index (χ0n) is 13.8. The van der Waals surface area contributed by atoms with Crippen molar-refractivity contribution in [1.82, 2.24) is 9.88 Å². The van der Waals surface area contributed by atoms with E-state index in [1.165, 1.54) is 0 Å². The van der Waals surface area contributed by atoms with Crippen molar-refractivity contribution in [3.63, 3.8) is 0 Å². The number of hydrogen-bond donors (Lipinski definition) is 1. The van der Waals surface area contributed by atoms with Crippen LogP contribution in [0, 0.1) is 0 Å². The molecule has 1 saturated heterocycles. The van der Waals surface area contributed by atoms with Crippen LogP contribution in [0.2, 0.25) is 0 Å². The highest BCUT2D eigenvalue weighted by Crippen LogP contribution is 2.19.